The molecule has 0 N–H and O–H groups in total. The Hall–Kier alpha value is 0.01000. The number of hydrogen-bond acceptors (Lipinski definition) is 0. The van der Waals surface area contributed by atoms with Crippen molar-refractivity contribution in [3.8, 4) is 0 Å². The van der Waals surface area contributed by atoms with Gasteiger partial charge in [-0.05, 0) is 28.9 Å². The lowest BCUT2D eigenvalue weighted by Crippen LogP contribution is -1.94. The van der Waals surface area contributed by atoms with Crippen LogP contribution in [0.25, 0.3) is 0 Å². The van der Waals surface area contributed by atoms with Crippen LogP contribution in [0.3, 0.4) is 0 Å². The van der Waals surface area contributed by atoms with Gasteiger partial charge in [0.1, 0.15) is 0 Å². The molecule has 0 fully saturated rings. The van der Waals surface area contributed by atoms with Crippen LogP contribution in [0, 0.1) is 0 Å². The van der Waals surface area contributed by atoms with Crippen molar-refractivity contribution in [2.75, 3.05) is 6.26 Å². The van der Waals surface area contributed by atoms with Gasteiger partial charge in [-0.15, -0.1) is 0 Å². The summed E-state index contributed by atoms with van der Waals surface area (Å²) in [7, 11) is -0.0127. The summed E-state index contributed by atoms with van der Waals surface area (Å²) in [6, 6.07) is 5.48. The first-order chi connectivity index (χ1) is 5.26. The second-order valence-corrected chi connectivity index (χ2v) is 8.25. The van der Waals surface area contributed by atoms with Gasteiger partial charge in [0.2, 0.25) is 0 Å². The predicted octanol–water partition coefficient (Wildman–Crippen LogP) is 4.32. The SMILES string of the molecule is C[SH](F)(F)(Cl)c1cccc(Cl)c1. The first kappa shape index (κ1) is 10.1. The van der Waals surface area contributed by atoms with Crippen LogP contribution in [0.4, 0.5) is 7.77 Å². The Morgan fingerprint density at radius 2 is 1.92 bits per heavy atom. The third-order valence-corrected chi connectivity index (χ3v) is 3.56. The first-order valence-corrected chi connectivity index (χ1v) is 6.94. The molecule has 0 heterocycles. The van der Waals surface area contributed by atoms with Crippen LogP contribution >= 0.6 is 31.4 Å². The molecule has 0 unspecified atom stereocenters. The molecular formula is C7H8Cl2F2S. The molecule has 0 amide bonds. The predicted molar refractivity (Wildman–Crippen MR) is 52.7 cm³/mol. The average molecular weight is 233 g/mol. The van der Waals surface area contributed by atoms with Gasteiger partial charge >= 0.3 is 0 Å². The molecule has 0 saturated heterocycles. The number of halogens is 4. The van der Waals surface area contributed by atoms with E-state index in [2.05, 4.69) is 0 Å². The van der Waals surface area contributed by atoms with Crippen molar-refractivity contribution in [3.63, 3.8) is 0 Å². The first-order valence-electron chi connectivity index (χ1n) is 3.19. The summed E-state index contributed by atoms with van der Waals surface area (Å²) in [5.74, 6) is 0. The van der Waals surface area contributed by atoms with E-state index >= 15 is 0 Å². The van der Waals surface area contributed by atoms with Gasteiger partial charge in [-0.2, -0.15) is 7.77 Å². The van der Waals surface area contributed by atoms with Gasteiger partial charge in [0, 0.05) is 25.3 Å². The minimum absolute atomic E-state index is 0.171. The fourth-order valence-electron chi connectivity index (χ4n) is 0.773. The van der Waals surface area contributed by atoms with E-state index in [0.29, 0.717) is 0 Å². The largest absolute Gasteiger partial charge is 0.166 e. The maximum Gasteiger partial charge on any atom is 0.0417 e. The third kappa shape index (κ3) is 2.51. The molecule has 0 aliphatic carbocycles. The molecule has 1 aromatic rings. The summed E-state index contributed by atoms with van der Waals surface area (Å²) in [6.45, 7) is 0. The fraction of sp³-hybridized carbons (Fsp3) is 0.143. The summed E-state index contributed by atoms with van der Waals surface area (Å²) >= 11 is 5.54. The Labute approximate surface area is 79.9 Å². The third-order valence-electron chi connectivity index (χ3n) is 1.36. The van der Waals surface area contributed by atoms with E-state index in [0.717, 1.165) is 6.26 Å². The minimum atomic E-state index is -5.14. The molecular weight excluding hydrogens is 225 g/mol. The van der Waals surface area contributed by atoms with Crippen molar-refractivity contribution < 1.29 is 7.77 Å². The topological polar surface area (TPSA) is 0 Å². The monoisotopic (exact) mass is 232 g/mol. The Balaban J connectivity index is 3.22. The van der Waals surface area contributed by atoms with Crippen molar-refractivity contribution in [1.29, 1.82) is 0 Å². The maximum absolute atomic E-state index is 13.2. The Morgan fingerprint density at radius 3 is 2.25 bits per heavy atom. The van der Waals surface area contributed by atoms with Crippen molar-refractivity contribution in [2.24, 2.45) is 0 Å². The van der Waals surface area contributed by atoms with E-state index in [1.54, 1.807) is 0 Å². The average Bonchev–Trinajstić information content (AvgIpc) is 1.84. The van der Waals surface area contributed by atoms with E-state index in [9.17, 15) is 7.77 Å². The number of benzene rings is 1. The maximum atomic E-state index is 13.2. The van der Waals surface area contributed by atoms with E-state index in [-0.39, 0.29) is 9.92 Å². The smallest absolute Gasteiger partial charge is 0.0417 e. The molecule has 0 nitrogen and oxygen atoms in total. The molecule has 0 aromatic heterocycles. The molecule has 70 valence electrons. The lowest BCUT2D eigenvalue weighted by molar-refractivity contribution is 0.741. The quantitative estimate of drug-likeness (QED) is 0.686. The second-order valence-electron chi connectivity index (χ2n) is 2.66. The van der Waals surface area contributed by atoms with Crippen molar-refractivity contribution >= 4 is 31.4 Å². The van der Waals surface area contributed by atoms with Crippen molar-refractivity contribution in [2.45, 2.75) is 4.90 Å². The summed E-state index contributed by atoms with van der Waals surface area (Å²) < 4.78 is 26.3. The molecule has 12 heavy (non-hydrogen) atoms. The molecule has 1 aromatic carbocycles. The number of hydrogen-bond donors (Lipinski definition) is 1. The highest BCUT2D eigenvalue weighted by molar-refractivity contribution is 8.58. The number of thiol groups is 1. The van der Waals surface area contributed by atoms with Crippen LogP contribution in [0.15, 0.2) is 29.2 Å². The minimum Gasteiger partial charge on any atom is -0.166 e. The summed E-state index contributed by atoms with van der Waals surface area (Å²) in [5.41, 5.74) is 0. The lowest BCUT2D eigenvalue weighted by Gasteiger charge is -2.35. The van der Waals surface area contributed by atoms with Gasteiger partial charge in [-0.1, -0.05) is 17.7 Å². The van der Waals surface area contributed by atoms with Gasteiger partial charge in [-0.25, -0.2) is 0 Å². The highest BCUT2D eigenvalue weighted by Gasteiger charge is 2.32. The van der Waals surface area contributed by atoms with Gasteiger partial charge in [0.25, 0.3) is 0 Å². The zero-order valence-electron chi connectivity index (χ0n) is 6.27. The number of rotatable bonds is 1. The van der Waals surface area contributed by atoms with E-state index in [1.807, 2.05) is 0 Å². The molecule has 0 spiro atoms. The van der Waals surface area contributed by atoms with Crippen LogP contribution in [-0.4, -0.2) is 6.26 Å². The van der Waals surface area contributed by atoms with Crippen molar-refractivity contribution in [3.05, 3.63) is 29.3 Å². The fourth-order valence-corrected chi connectivity index (χ4v) is 2.17. The zero-order chi connectivity index (χ0) is 9.43. The van der Waals surface area contributed by atoms with Gasteiger partial charge < -0.3 is 0 Å². The second kappa shape index (κ2) is 2.76. The Morgan fingerprint density at radius 1 is 1.33 bits per heavy atom. The van der Waals surface area contributed by atoms with Crippen LogP contribution in [0.1, 0.15) is 0 Å². The summed E-state index contributed by atoms with van der Waals surface area (Å²) in [4.78, 5) is -0.171. The van der Waals surface area contributed by atoms with Crippen LogP contribution in [-0.2, 0) is 0 Å². The summed E-state index contributed by atoms with van der Waals surface area (Å²) in [6.07, 6.45) is 0.763. The van der Waals surface area contributed by atoms with Crippen LogP contribution < -0.4 is 0 Å². The highest BCUT2D eigenvalue weighted by Crippen LogP contribution is 2.80. The van der Waals surface area contributed by atoms with Gasteiger partial charge in [-0.3, -0.25) is 0 Å². The molecule has 0 atom stereocenters. The molecule has 0 saturated carbocycles. The normalized spacial score (nSPS) is 15.2. The van der Waals surface area contributed by atoms with E-state index < -0.39 is 9.15 Å². The molecule has 1 rings (SSSR count). The van der Waals surface area contributed by atoms with E-state index in [4.69, 9.17) is 22.3 Å². The molecule has 0 bridgehead atoms. The lowest BCUT2D eigenvalue weighted by atomic mass is 10.4. The standard InChI is InChI=1S/C7H8Cl2F2S/c1-12(9,10,11)7-4-2-3-6(8)5-7/h2-5,12H,1H3. The van der Waals surface area contributed by atoms with Gasteiger partial charge in [0.15, 0.2) is 0 Å². The highest BCUT2D eigenvalue weighted by atomic mass is 35.7. The molecule has 5 heteroatoms. The molecule has 0 aliphatic heterocycles. The zero-order valence-corrected chi connectivity index (χ0v) is 8.67. The summed E-state index contributed by atoms with van der Waals surface area (Å²) in [5, 5.41) is 0.277. The van der Waals surface area contributed by atoms with Crippen molar-refractivity contribution in [1.82, 2.24) is 0 Å². The Kier molecular flexibility index (Phi) is 2.32. The van der Waals surface area contributed by atoms with E-state index in [1.165, 1.54) is 24.3 Å². The molecule has 0 radical (unpaired) electrons. The van der Waals surface area contributed by atoms with Crippen LogP contribution in [0.5, 0.6) is 0 Å². The molecule has 0 aliphatic rings. The van der Waals surface area contributed by atoms with Gasteiger partial charge in [0.05, 0.1) is 0 Å². The Bertz CT molecular complexity index is 297. The van der Waals surface area contributed by atoms with Crippen LogP contribution in [0.2, 0.25) is 5.02 Å².